The Kier molecular flexibility index (Phi) is 8.84. The van der Waals surface area contributed by atoms with Crippen LogP contribution in [0.1, 0.15) is 79.6 Å². The largest absolute Gasteiger partial charge is 0.584 e. The number of phosphoric acid groups is 1. The van der Waals surface area contributed by atoms with Gasteiger partial charge in [-0.25, -0.2) is 4.57 Å². The lowest BCUT2D eigenvalue weighted by molar-refractivity contribution is 0.281. The van der Waals surface area contributed by atoms with E-state index < -0.39 is 24.1 Å². The van der Waals surface area contributed by atoms with Gasteiger partial charge in [0.1, 0.15) is 11.5 Å². The summed E-state index contributed by atoms with van der Waals surface area (Å²) in [5.74, 6) is 0.903. The number of phosphoric ester groups is 1. The van der Waals surface area contributed by atoms with Crippen molar-refractivity contribution in [3.63, 3.8) is 0 Å². The third-order valence-corrected chi connectivity index (χ3v) is 17.9. The molecule has 0 aromatic heterocycles. The summed E-state index contributed by atoms with van der Waals surface area (Å²) in [4.78, 5) is 12.5. The fraction of sp³-hybridized carbons (Fsp3) is 0.104. The Morgan fingerprint density at radius 2 is 0.681 bits per heavy atom. The first-order valence-corrected chi connectivity index (χ1v) is 26.7. The average molecular weight is 947 g/mol. The van der Waals surface area contributed by atoms with E-state index in [1.807, 2.05) is 0 Å². The Labute approximate surface area is 419 Å². The highest BCUT2D eigenvalue weighted by Crippen LogP contribution is 2.68. The van der Waals surface area contributed by atoms with Gasteiger partial charge in [-0.1, -0.05) is 231 Å². The number of rotatable bonds is 6. The van der Waals surface area contributed by atoms with Crippen molar-refractivity contribution in [2.45, 2.75) is 41.9 Å². The molecule has 1 aliphatic heterocycles. The van der Waals surface area contributed by atoms with Crippen LogP contribution in [-0.4, -0.2) is 4.89 Å². The summed E-state index contributed by atoms with van der Waals surface area (Å²) in [6.45, 7) is 0. The van der Waals surface area contributed by atoms with Crippen molar-refractivity contribution in [1.82, 2.24) is 0 Å². The molecule has 4 aliphatic carbocycles. The molecule has 0 saturated carbocycles. The second-order valence-corrected chi connectivity index (χ2v) is 21.5. The van der Waals surface area contributed by atoms with Crippen LogP contribution >= 0.6 is 7.82 Å². The van der Waals surface area contributed by atoms with E-state index in [4.69, 9.17) is 9.05 Å². The van der Waals surface area contributed by atoms with Gasteiger partial charge < -0.3 is 9.05 Å². The summed E-state index contributed by atoms with van der Waals surface area (Å²) < 4.78 is 28.8. The molecule has 15 rings (SSSR count). The maximum Gasteiger partial charge on any atom is 0.584 e. The van der Waals surface area contributed by atoms with Crippen molar-refractivity contribution >= 4 is 7.82 Å². The number of hydrogen-bond acceptors (Lipinski definition) is 3. The average Bonchev–Trinajstić information content (AvgIpc) is 4.17. The number of fused-ring (bicyclic) bond motifs is 6. The summed E-state index contributed by atoms with van der Waals surface area (Å²) in [7, 11) is -4.87. The van der Waals surface area contributed by atoms with Crippen molar-refractivity contribution in [2.75, 3.05) is 0 Å². The second kappa shape index (κ2) is 15.2. The molecule has 0 unspecified atom stereocenters. The van der Waals surface area contributed by atoms with E-state index in [1.165, 1.54) is 33.4 Å². The van der Waals surface area contributed by atoms with Gasteiger partial charge in [-0.05, 0) is 115 Å². The van der Waals surface area contributed by atoms with Gasteiger partial charge in [0.2, 0.25) is 0 Å². The molecular weight excluding hydrogens is 900 g/mol. The lowest BCUT2D eigenvalue weighted by Gasteiger charge is -2.35. The Bertz CT molecular complexity index is 3590. The molecule has 0 fully saturated rings. The zero-order chi connectivity index (χ0) is 47.8. The minimum atomic E-state index is -4.87. The highest BCUT2D eigenvalue weighted by molar-refractivity contribution is 7.48. The molecule has 0 saturated heterocycles. The van der Waals surface area contributed by atoms with Crippen LogP contribution in [0.25, 0.3) is 44.5 Å². The van der Waals surface area contributed by atoms with Crippen molar-refractivity contribution < 1.29 is 18.5 Å². The molecule has 1 heterocycles. The maximum absolute atomic E-state index is 15.3. The first-order chi connectivity index (χ1) is 35.4. The molecule has 0 bridgehead atoms. The minimum absolute atomic E-state index is 0.451. The van der Waals surface area contributed by atoms with E-state index in [0.717, 1.165) is 104 Å². The van der Waals surface area contributed by atoms with Crippen LogP contribution in [0.5, 0.6) is 11.5 Å². The van der Waals surface area contributed by atoms with Gasteiger partial charge in [0, 0.05) is 27.7 Å². The molecule has 4 nitrogen and oxygen atoms in total. The smallest absolute Gasteiger partial charge is 0.394 e. The fourth-order valence-corrected chi connectivity index (χ4v) is 15.3. The lowest BCUT2D eigenvalue weighted by atomic mass is 9.67. The molecule has 344 valence electrons. The van der Waals surface area contributed by atoms with Gasteiger partial charge in [0.15, 0.2) is 0 Å². The summed E-state index contributed by atoms with van der Waals surface area (Å²) in [5, 5.41) is 0. The number of aryl methyl sites for hydroxylation is 2. The van der Waals surface area contributed by atoms with Crippen molar-refractivity contribution in [2.24, 2.45) is 0 Å². The zero-order valence-electron chi connectivity index (χ0n) is 39.4. The minimum Gasteiger partial charge on any atom is -0.394 e. The third-order valence-electron chi connectivity index (χ3n) is 17.0. The van der Waals surface area contributed by atoms with E-state index >= 15 is 4.57 Å². The molecule has 0 amide bonds. The molecule has 5 aliphatic rings. The van der Waals surface area contributed by atoms with E-state index in [1.54, 1.807) is 0 Å². The lowest BCUT2D eigenvalue weighted by Crippen LogP contribution is -2.28. The SMILES string of the molecule is O=P1(O)Oc2c(-c3cccc4c3-c3ccccc3C4(c3ccccc3)c3ccccc3)ccc3c2C2(CC3)CCc3ccc(-c4cccc5c4-c4ccccc4C5(c4ccccc4)c4ccccc4)c(c32)O1. The number of hydrogen-bond donors (Lipinski definition) is 1. The molecule has 0 atom stereocenters. The highest BCUT2D eigenvalue weighted by atomic mass is 31.2. The van der Waals surface area contributed by atoms with Gasteiger partial charge in [-0.15, -0.1) is 0 Å². The van der Waals surface area contributed by atoms with Gasteiger partial charge in [0.05, 0.1) is 10.8 Å². The Morgan fingerprint density at radius 1 is 0.347 bits per heavy atom. The molecule has 10 aromatic rings. The summed E-state index contributed by atoms with van der Waals surface area (Å²) in [6.07, 6.45) is 3.31. The van der Waals surface area contributed by atoms with Crippen LogP contribution in [0.4, 0.5) is 0 Å². The number of benzene rings is 10. The molecular formula is C67H47O4P. The van der Waals surface area contributed by atoms with Crippen LogP contribution in [-0.2, 0) is 33.7 Å². The van der Waals surface area contributed by atoms with Gasteiger partial charge in [-0.2, -0.15) is 0 Å². The summed E-state index contributed by atoms with van der Waals surface area (Å²) in [5.41, 5.74) is 20.0. The summed E-state index contributed by atoms with van der Waals surface area (Å²) >= 11 is 0. The van der Waals surface area contributed by atoms with Crippen LogP contribution in [0.15, 0.2) is 231 Å². The standard InChI is InChI=1S/C67H47O4P/c68-72(69)70-63-51(49-29-17-33-57-59(49)53-27-13-15-31-55(53)66(57,45-19-5-1-6-20-45)46-21-7-2-8-22-46)37-35-43-39-41-65(61(43)63)42-40-44-36-38-52(64(71-72)62(44)65)50-30-18-34-58-60(50)54-28-14-16-32-56(54)67(58,47-23-9-3-10-24-47)48-25-11-4-12-26-48/h1-38H,39-42H2,(H,68,69). The zero-order valence-corrected chi connectivity index (χ0v) is 40.3. The third kappa shape index (κ3) is 5.43. The van der Waals surface area contributed by atoms with Crippen LogP contribution < -0.4 is 9.05 Å². The van der Waals surface area contributed by atoms with Crippen molar-refractivity contribution in [1.29, 1.82) is 0 Å². The van der Waals surface area contributed by atoms with E-state index in [0.29, 0.717) is 11.5 Å². The van der Waals surface area contributed by atoms with E-state index in [-0.39, 0.29) is 0 Å². The van der Waals surface area contributed by atoms with Gasteiger partial charge in [-0.3, -0.25) is 4.89 Å². The molecule has 1 N–H and O–H groups in total. The second-order valence-electron chi connectivity index (χ2n) is 20.2. The Balaban J connectivity index is 0.966. The van der Waals surface area contributed by atoms with Gasteiger partial charge in [0.25, 0.3) is 0 Å². The predicted molar refractivity (Wildman–Crippen MR) is 287 cm³/mol. The van der Waals surface area contributed by atoms with Crippen LogP contribution in [0.3, 0.4) is 0 Å². The van der Waals surface area contributed by atoms with E-state index in [2.05, 4.69) is 231 Å². The molecule has 10 aromatic carbocycles. The maximum atomic E-state index is 15.3. The quantitative estimate of drug-likeness (QED) is 0.169. The Hall–Kier alpha value is -8.01. The summed E-state index contributed by atoms with van der Waals surface area (Å²) in [6, 6.07) is 82.6. The van der Waals surface area contributed by atoms with E-state index in [9.17, 15) is 4.89 Å². The van der Waals surface area contributed by atoms with Crippen molar-refractivity contribution in [3.8, 4) is 56.0 Å². The predicted octanol–water partition coefficient (Wildman–Crippen LogP) is 15.8. The molecule has 72 heavy (non-hydrogen) atoms. The molecule has 1 spiro atoms. The highest BCUT2D eigenvalue weighted by Gasteiger charge is 2.54. The first-order valence-electron chi connectivity index (χ1n) is 25.2. The molecule has 5 heteroatoms. The monoisotopic (exact) mass is 946 g/mol. The van der Waals surface area contributed by atoms with Crippen LogP contribution in [0, 0.1) is 0 Å². The molecule has 0 radical (unpaired) electrons. The first kappa shape index (κ1) is 41.7. The van der Waals surface area contributed by atoms with Crippen molar-refractivity contribution in [3.05, 3.63) is 297 Å². The topological polar surface area (TPSA) is 55.8 Å². The van der Waals surface area contributed by atoms with Gasteiger partial charge >= 0.3 is 7.82 Å². The fourth-order valence-electron chi connectivity index (χ4n) is 14.5. The Morgan fingerprint density at radius 3 is 1.07 bits per heavy atom. The van der Waals surface area contributed by atoms with Crippen LogP contribution in [0.2, 0.25) is 0 Å². The normalized spacial score (nSPS) is 16.9.